The van der Waals surface area contributed by atoms with Gasteiger partial charge in [-0.15, -0.1) is 0 Å². The Morgan fingerprint density at radius 1 is 1.47 bits per heavy atom. The number of nitriles is 1. The second-order valence-corrected chi connectivity index (χ2v) is 4.95. The first-order valence-electron chi connectivity index (χ1n) is 5.92. The lowest BCUT2D eigenvalue weighted by Gasteiger charge is -2.19. The first-order valence-corrected chi connectivity index (χ1v) is 6.29. The van der Waals surface area contributed by atoms with E-state index < -0.39 is 12.1 Å². The summed E-state index contributed by atoms with van der Waals surface area (Å²) in [5.74, 6) is 0.0948. The van der Waals surface area contributed by atoms with Gasteiger partial charge in [0.25, 0.3) is 0 Å². The van der Waals surface area contributed by atoms with Gasteiger partial charge in [0.2, 0.25) is 0 Å². The fraction of sp³-hybridized carbons (Fsp3) is 0.429. The molecule has 4 nitrogen and oxygen atoms in total. The predicted molar refractivity (Wildman–Crippen MR) is 72.1 cm³/mol. The fourth-order valence-corrected chi connectivity index (χ4v) is 1.75. The number of hydrogen-bond acceptors (Lipinski definition) is 4. The molecule has 0 aliphatic rings. The molecule has 0 radical (unpaired) electrons. The van der Waals surface area contributed by atoms with E-state index in [4.69, 9.17) is 26.3 Å². The lowest BCUT2D eigenvalue weighted by atomic mass is 10.1. The van der Waals surface area contributed by atoms with E-state index >= 15 is 0 Å². The molecule has 0 saturated heterocycles. The van der Waals surface area contributed by atoms with Crippen molar-refractivity contribution in [3.63, 3.8) is 0 Å². The zero-order valence-electron chi connectivity index (χ0n) is 11.1. The van der Waals surface area contributed by atoms with Crippen LogP contribution in [0, 0.1) is 17.2 Å². The molecule has 19 heavy (non-hydrogen) atoms. The maximum Gasteiger partial charge on any atom is 0.347 e. The SMILES string of the molecule is COC(=O)C(CC(C)C)Oc1cc(Cl)ccc1C#N. The molecule has 0 N–H and O–H groups in total. The molecular weight excluding hydrogens is 266 g/mol. The summed E-state index contributed by atoms with van der Waals surface area (Å²) < 4.78 is 10.3. The van der Waals surface area contributed by atoms with Crippen LogP contribution >= 0.6 is 11.6 Å². The van der Waals surface area contributed by atoms with Crippen LogP contribution in [0.1, 0.15) is 25.8 Å². The molecule has 1 rings (SSSR count). The molecule has 102 valence electrons. The largest absolute Gasteiger partial charge is 0.477 e. The molecule has 5 heteroatoms. The average Bonchev–Trinajstić information content (AvgIpc) is 2.36. The molecule has 0 saturated carbocycles. The molecule has 1 unspecified atom stereocenters. The van der Waals surface area contributed by atoms with Crippen molar-refractivity contribution in [1.82, 2.24) is 0 Å². The highest BCUT2D eigenvalue weighted by Gasteiger charge is 2.23. The van der Waals surface area contributed by atoms with Crippen LogP contribution in [0.5, 0.6) is 5.75 Å². The molecule has 0 aromatic heterocycles. The van der Waals surface area contributed by atoms with Crippen molar-refractivity contribution < 1.29 is 14.3 Å². The Balaban J connectivity index is 2.99. The van der Waals surface area contributed by atoms with E-state index in [1.54, 1.807) is 12.1 Å². The summed E-state index contributed by atoms with van der Waals surface area (Å²) in [5, 5.41) is 9.46. The normalized spacial score (nSPS) is 11.8. The maximum atomic E-state index is 11.7. The molecule has 0 fully saturated rings. The lowest BCUT2D eigenvalue weighted by Crippen LogP contribution is -2.30. The molecule has 1 aromatic carbocycles. The highest BCUT2D eigenvalue weighted by molar-refractivity contribution is 6.30. The van der Waals surface area contributed by atoms with E-state index in [1.165, 1.54) is 13.2 Å². The van der Waals surface area contributed by atoms with Gasteiger partial charge in [0.05, 0.1) is 12.7 Å². The summed E-state index contributed by atoms with van der Waals surface area (Å²) in [7, 11) is 1.31. The van der Waals surface area contributed by atoms with Gasteiger partial charge < -0.3 is 9.47 Å². The quantitative estimate of drug-likeness (QED) is 0.778. The predicted octanol–water partition coefficient (Wildman–Crippen LogP) is 3.18. The molecule has 1 atom stereocenters. The number of hydrogen-bond donors (Lipinski definition) is 0. The standard InChI is InChI=1S/C14H16ClNO3/c1-9(2)6-13(14(17)18-3)19-12-7-11(15)5-4-10(12)8-16/h4-5,7,9,13H,6H2,1-3H3. The summed E-state index contributed by atoms with van der Waals surface area (Å²) >= 11 is 5.87. The third-order valence-corrected chi connectivity index (χ3v) is 2.72. The molecule has 1 aromatic rings. The van der Waals surface area contributed by atoms with Gasteiger partial charge in [-0.1, -0.05) is 25.4 Å². The average molecular weight is 282 g/mol. The summed E-state index contributed by atoms with van der Waals surface area (Å²) in [6.45, 7) is 3.95. The molecule has 0 heterocycles. The number of methoxy groups -OCH3 is 1. The van der Waals surface area contributed by atoms with Gasteiger partial charge >= 0.3 is 5.97 Å². The maximum absolute atomic E-state index is 11.7. The number of rotatable bonds is 5. The third-order valence-electron chi connectivity index (χ3n) is 2.48. The van der Waals surface area contributed by atoms with Crippen molar-refractivity contribution in [2.45, 2.75) is 26.4 Å². The zero-order chi connectivity index (χ0) is 14.4. The van der Waals surface area contributed by atoms with Crippen molar-refractivity contribution in [1.29, 1.82) is 5.26 Å². The highest BCUT2D eigenvalue weighted by atomic mass is 35.5. The molecule has 0 aliphatic carbocycles. The van der Waals surface area contributed by atoms with Crippen LogP contribution in [0.4, 0.5) is 0 Å². The first kappa shape index (κ1) is 15.3. The summed E-state index contributed by atoms with van der Waals surface area (Å²) in [4.78, 5) is 11.7. The summed E-state index contributed by atoms with van der Waals surface area (Å²) in [6, 6.07) is 6.68. The molecular formula is C14H16ClNO3. The van der Waals surface area contributed by atoms with Gasteiger partial charge in [0.1, 0.15) is 11.8 Å². The minimum absolute atomic E-state index is 0.258. The van der Waals surface area contributed by atoms with Crippen LogP contribution in [0.2, 0.25) is 5.02 Å². The zero-order valence-corrected chi connectivity index (χ0v) is 11.9. The Labute approximate surface area is 117 Å². The fourth-order valence-electron chi connectivity index (χ4n) is 1.59. The molecule has 0 bridgehead atoms. The van der Waals surface area contributed by atoms with E-state index in [9.17, 15) is 4.79 Å². The smallest absolute Gasteiger partial charge is 0.347 e. The number of ether oxygens (including phenoxy) is 2. The van der Waals surface area contributed by atoms with Crippen LogP contribution in [-0.4, -0.2) is 19.2 Å². The molecule has 0 spiro atoms. The Morgan fingerprint density at radius 2 is 2.16 bits per heavy atom. The molecule has 0 amide bonds. The Bertz CT molecular complexity index is 494. The topological polar surface area (TPSA) is 59.3 Å². The van der Waals surface area contributed by atoms with Crippen LogP contribution in [0.15, 0.2) is 18.2 Å². The number of nitrogens with zero attached hydrogens (tertiary/aromatic N) is 1. The van der Waals surface area contributed by atoms with Gasteiger partial charge in [-0.2, -0.15) is 5.26 Å². The van der Waals surface area contributed by atoms with Crippen LogP contribution < -0.4 is 4.74 Å². The number of carbonyl (C=O) groups excluding carboxylic acids is 1. The Hall–Kier alpha value is -1.73. The molecule has 0 aliphatic heterocycles. The second kappa shape index (κ2) is 7.01. The van der Waals surface area contributed by atoms with E-state index in [0.29, 0.717) is 22.8 Å². The van der Waals surface area contributed by atoms with Gasteiger partial charge in [-0.05, 0) is 24.5 Å². The number of carbonyl (C=O) groups is 1. The minimum Gasteiger partial charge on any atom is -0.477 e. The van der Waals surface area contributed by atoms with Gasteiger partial charge in [-0.25, -0.2) is 4.79 Å². The summed E-state index contributed by atoms with van der Waals surface area (Å²) in [6.07, 6.45) is -0.236. The first-order chi connectivity index (χ1) is 8.97. The minimum atomic E-state index is -0.740. The van der Waals surface area contributed by atoms with Gasteiger partial charge in [0.15, 0.2) is 6.10 Å². The number of halogens is 1. The van der Waals surface area contributed by atoms with Gasteiger partial charge in [-0.3, -0.25) is 0 Å². The van der Waals surface area contributed by atoms with Crippen molar-refractivity contribution in [3.8, 4) is 11.8 Å². The van der Waals surface area contributed by atoms with E-state index in [-0.39, 0.29) is 5.92 Å². The third kappa shape index (κ3) is 4.46. The van der Waals surface area contributed by atoms with Crippen molar-refractivity contribution in [2.24, 2.45) is 5.92 Å². The Kier molecular flexibility index (Phi) is 5.65. The lowest BCUT2D eigenvalue weighted by molar-refractivity contribution is -0.149. The second-order valence-electron chi connectivity index (χ2n) is 4.51. The van der Waals surface area contributed by atoms with Crippen molar-refractivity contribution >= 4 is 17.6 Å². The van der Waals surface area contributed by atoms with E-state index in [1.807, 2.05) is 19.9 Å². The van der Waals surface area contributed by atoms with Crippen LogP contribution in [0.3, 0.4) is 0 Å². The Morgan fingerprint density at radius 3 is 2.68 bits per heavy atom. The van der Waals surface area contributed by atoms with Crippen LogP contribution in [0.25, 0.3) is 0 Å². The van der Waals surface area contributed by atoms with E-state index in [2.05, 4.69) is 0 Å². The summed E-state index contributed by atoms with van der Waals surface area (Å²) in [5.41, 5.74) is 0.335. The van der Waals surface area contributed by atoms with E-state index in [0.717, 1.165) is 0 Å². The highest BCUT2D eigenvalue weighted by Crippen LogP contribution is 2.25. The van der Waals surface area contributed by atoms with Crippen LogP contribution in [-0.2, 0) is 9.53 Å². The monoisotopic (exact) mass is 281 g/mol. The number of benzene rings is 1. The number of esters is 1. The van der Waals surface area contributed by atoms with Crippen molar-refractivity contribution in [3.05, 3.63) is 28.8 Å². The van der Waals surface area contributed by atoms with Crippen molar-refractivity contribution in [2.75, 3.05) is 7.11 Å². The van der Waals surface area contributed by atoms with Gasteiger partial charge in [0, 0.05) is 11.1 Å².